The highest BCUT2D eigenvalue weighted by atomic mass is 32.2. The van der Waals surface area contributed by atoms with Crippen LogP contribution in [-0.2, 0) is 21.2 Å². The van der Waals surface area contributed by atoms with Gasteiger partial charge in [0.25, 0.3) is 10.0 Å². The first kappa shape index (κ1) is 18.0. The van der Waals surface area contributed by atoms with Gasteiger partial charge in [-0.3, -0.25) is 4.72 Å². The van der Waals surface area contributed by atoms with Crippen molar-refractivity contribution in [2.75, 3.05) is 18.4 Å². The largest absolute Gasteiger partial charge is 0.478 e. The standard InChI is InChI=1S/C17H19NO5S/c1-12-3-6-14(11-16(12)17(19)20)18-24(21,22)15-7-4-13(5-8-15)9-10-23-2/h3-8,11,18H,9-10H2,1-2H3,(H,19,20). The summed E-state index contributed by atoms with van der Waals surface area (Å²) in [6.07, 6.45) is 0.699. The Bertz CT molecular complexity index is 829. The molecule has 0 radical (unpaired) electrons. The van der Waals surface area contributed by atoms with Crippen LogP contribution in [0.1, 0.15) is 21.5 Å². The van der Waals surface area contributed by atoms with Crippen molar-refractivity contribution in [3.63, 3.8) is 0 Å². The summed E-state index contributed by atoms with van der Waals surface area (Å²) in [5.74, 6) is -1.10. The van der Waals surface area contributed by atoms with E-state index in [1.165, 1.54) is 24.3 Å². The van der Waals surface area contributed by atoms with Crippen molar-refractivity contribution in [1.82, 2.24) is 0 Å². The number of anilines is 1. The zero-order valence-corrected chi connectivity index (χ0v) is 14.3. The van der Waals surface area contributed by atoms with Crippen LogP contribution in [0.15, 0.2) is 47.4 Å². The summed E-state index contributed by atoms with van der Waals surface area (Å²) in [4.78, 5) is 11.3. The lowest BCUT2D eigenvalue weighted by atomic mass is 10.1. The number of aryl methyl sites for hydroxylation is 1. The molecule has 0 aliphatic rings. The van der Waals surface area contributed by atoms with E-state index in [4.69, 9.17) is 9.84 Å². The Morgan fingerprint density at radius 1 is 1.17 bits per heavy atom. The normalized spacial score (nSPS) is 11.2. The first-order valence-corrected chi connectivity index (χ1v) is 8.76. The van der Waals surface area contributed by atoms with E-state index in [2.05, 4.69) is 4.72 Å². The SMILES string of the molecule is COCCc1ccc(S(=O)(=O)Nc2ccc(C)c(C(=O)O)c2)cc1. The van der Waals surface area contributed by atoms with E-state index in [-0.39, 0.29) is 16.1 Å². The number of ether oxygens (including phenoxy) is 1. The molecule has 2 aromatic rings. The lowest BCUT2D eigenvalue weighted by Gasteiger charge is -2.10. The first-order valence-electron chi connectivity index (χ1n) is 7.28. The van der Waals surface area contributed by atoms with Crippen LogP contribution in [0.3, 0.4) is 0 Å². The van der Waals surface area contributed by atoms with Crippen LogP contribution >= 0.6 is 0 Å². The molecule has 0 saturated carbocycles. The first-order chi connectivity index (χ1) is 11.3. The van der Waals surface area contributed by atoms with Gasteiger partial charge >= 0.3 is 5.97 Å². The van der Waals surface area contributed by atoms with E-state index in [1.54, 1.807) is 32.2 Å². The summed E-state index contributed by atoms with van der Waals surface area (Å²) in [6, 6.07) is 10.9. The lowest BCUT2D eigenvalue weighted by Crippen LogP contribution is -2.14. The van der Waals surface area contributed by atoms with Gasteiger partial charge in [-0.15, -0.1) is 0 Å². The quantitative estimate of drug-likeness (QED) is 0.802. The van der Waals surface area contributed by atoms with Crippen LogP contribution in [-0.4, -0.2) is 33.2 Å². The molecular weight excluding hydrogens is 330 g/mol. The minimum Gasteiger partial charge on any atom is -0.478 e. The third-order valence-electron chi connectivity index (χ3n) is 3.55. The average Bonchev–Trinajstić information content (AvgIpc) is 2.54. The number of sulfonamides is 1. The summed E-state index contributed by atoms with van der Waals surface area (Å²) in [6.45, 7) is 2.21. The molecule has 24 heavy (non-hydrogen) atoms. The van der Waals surface area contributed by atoms with Crippen molar-refractivity contribution in [2.45, 2.75) is 18.2 Å². The number of methoxy groups -OCH3 is 1. The van der Waals surface area contributed by atoms with E-state index in [0.29, 0.717) is 18.6 Å². The van der Waals surface area contributed by atoms with Crippen molar-refractivity contribution < 1.29 is 23.1 Å². The molecule has 0 aliphatic heterocycles. The number of nitrogens with one attached hydrogen (secondary N) is 1. The van der Waals surface area contributed by atoms with Gasteiger partial charge in [0.05, 0.1) is 17.1 Å². The molecule has 0 amide bonds. The van der Waals surface area contributed by atoms with Crippen molar-refractivity contribution in [3.8, 4) is 0 Å². The Hall–Kier alpha value is -2.38. The second kappa shape index (κ2) is 7.46. The van der Waals surface area contributed by atoms with Gasteiger partial charge in [-0.1, -0.05) is 18.2 Å². The Morgan fingerprint density at radius 2 is 1.83 bits per heavy atom. The zero-order valence-electron chi connectivity index (χ0n) is 13.4. The number of aromatic carboxylic acids is 1. The summed E-state index contributed by atoms with van der Waals surface area (Å²) >= 11 is 0. The molecule has 6 nitrogen and oxygen atoms in total. The summed E-state index contributed by atoms with van der Waals surface area (Å²) in [5.41, 5.74) is 1.80. The number of hydrogen-bond acceptors (Lipinski definition) is 4. The fraction of sp³-hybridized carbons (Fsp3) is 0.235. The monoisotopic (exact) mass is 349 g/mol. The molecule has 0 heterocycles. The second-order valence-corrected chi connectivity index (χ2v) is 7.01. The van der Waals surface area contributed by atoms with Crippen molar-refractivity contribution in [2.24, 2.45) is 0 Å². The third kappa shape index (κ3) is 4.33. The number of benzene rings is 2. The van der Waals surface area contributed by atoms with Crippen LogP contribution in [0.2, 0.25) is 0 Å². The molecule has 2 aromatic carbocycles. The molecule has 0 unspecified atom stereocenters. The Morgan fingerprint density at radius 3 is 2.42 bits per heavy atom. The highest BCUT2D eigenvalue weighted by Gasteiger charge is 2.16. The van der Waals surface area contributed by atoms with Crippen LogP contribution in [0.25, 0.3) is 0 Å². The second-order valence-electron chi connectivity index (χ2n) is 5.33. The van der Waals surface area contributed by atoms with Gasteiger partial charge in [0.15, 0.2) is 0 Å². The molecule has 2 rings (SSSR count). The van der Waals surface area contributed by atoms with E-state index in [0.717, 1.165) is 5.56 Å². The minimum atomic E-state index is -3.78. The molecule has 128 valence electrons. The Kier molecular flexibility index (Phi) is 5.58. The lowest BCUT2D eigenvalue weighted by molar-refractivity contribution is 0.0696. The summed E-state index contributed by atoms with van der Waals surface area (Å²) in [7, 11) is -2.17. The predicted molar refractivity (Wildman–Crippen MR) is 91.0 cm³/mol. The van der Waals surface area contributed by atoms with Gasteiger partial charge in [0.2, 0.25) is 0 Å². The Balaban J connectivity index is 2.22. The maximum Gasteiger partial charge on any atom is 0.336 e. The maximum atomic E-state index is 12.4. The molecule has 7 heteroatoms. The van der Waals surface area contributed by atoms with Crippen molar-refractivity contribution in [3.05, 3.63) is 59.2 Å². The predicted octanol–water partition coefficient (Wildman–Crippen LogP) is 2.68. The van der Waals surface area contributed by atoms with E-state index in [1.807, 2.05) is 0 Å². The van der Waals surface area contributed by atoms with Gasteiger partial charge in [-0.2, -0.15) is 0 Å². The minimum absolute atomic E-state index is 0.0603. The molecule has 0 aliphatic carbocycles. The highest BCUT2D eigenvalue weighted by molar-refractivity contribution is 7.92. The third-order valence-corrected chi connectivity index (χ3v) is 4.95. The highest BCUT2D eigenvalue weighted by Crippen LogP contribution is 2.20. The molecule has 0 atom stereocenters. The average molecular weight is 349 g/mol. The molecule has 0 bridgehead atoms. The van der Waals surface area contributed by atoms with E-state index in [9.17, 15) is 13.2 Å². The van der Waals surface area contributed by atoms with Gasteiger partial charge in [-0.05, 0) is 48.7 Å². The zero-order chi connectivity index (χ0) is 17.7. The summed E-state index contributed by atoms with van der Waals surface area (Å²) in [5, 5.41) is 9.12. The van der Waals surface area contributed by atoms with Crippen molar-refractivity contribution >= 4 is 21.7 Å². The number of rotatable bonds is 7. The van der Waals surface area contributed by atoms with Crippen LogP contribution in [0.4, 0.5) is 5.69 Å². The van der Waals surface area contributed by atoms with Crippen LogP contribution in [0, 0.1) is 6.92 Å². The fourth-order valence-electron chi connectivity index (χ4n) is 2.19. The van der Waals surface area contributed by atoms with E-state index < -0.39 is 16.0 Å². The van der Waals surface area contributed by atoms with Gasteiger partial charge in [0, 0.05) is 12.8 Å². The van der Waals surface area contributed by atoms with E-state index >= 15 is 0 Å². The molecule has 0 saturated heterocycles. The summed E-state index contributed by atoms with van der Waals surface area (Å²) < 4.78 is 32.2. The Labute approximate surface area is 141 Å². The fourth-order valence-corrected chi connectivity index (χ4v) is 3.23. The maximum absolute atomic E-state index is 12.4. The molecule has 0 aromatic heterocycles. The molecule has 2 N–H and O–H groups in total. The van der Waals surface area contributed by atoms with Gasteiger partial charge in [-0.25, -0.2) is 13.2 Å². The van der Waals surface area contributed by atoms with Gasteiger partial charge < -0.3 is 9.84 Å². The van der Waals surface area contributed by atoms with Gasteiger partial charge in [0.1, 0.15) is 0 Å². The van der Waals surface area contributed by atoms with Crippen molar-refractivity contribution in [1.29, 1.82) is 0 Å². The number of carbonyl (C=O) groups is 1. The molecule has 0 fully saturated rings. The molecule has 0 spiro atoms. The molecular formula is C17H19NO5S. The smallest absolute Gasteiger partial charge is 0.336 e. The number of hydrogen-bond donors (Lipinski definition) is 2. The topological polar surface area (TPSA) is 92.7 Å². The number of carboxylic acids is 1. The van der Waals surface area contributed by atoms with Crippen LogP contribution < -0.4 is 4.72 Å². The number of carboxylic acid groups (broad SMARTS) is 1. The van der Waals surface area contributed by atoms with Crippen LogP contribution in [0.5, 0.6) is 0 Å².